The molecule has 0 bridgehead atoms. The summed E-state index contributed by atoms with van der Waals surface area (Å²) in [5.74, 6) is 8.00. The fraction of sp³-hybridized carbons (Fsp3) is 1.00. The van der Waals surface area contributed by atoms with Crippen molar-refractivity contribution < 1.29 is 0 Å². The Bertz CT molecular complexity index is 10.8. The van der Waals surface area contributed by atoms with Gasteiger partial charge >= 0.3 is 0 Å². The van der Waals surface area contributed by atoms with Crippen LogP contribution in [-0.2, 0) is 0 Å². The lowest BCUT2D eigenvalue weighted by Gasteiger charge is -1.90. The van der Waals surface area contributed by atoms with E-state index in [1.165, 1.54) is 0 Å². The van der Waals surface area contributed by atoms with Crippen LogP contribution < -0.4 is 11.7 Å². The summed E-state index contributed by atoms with van der Waals surface area (Å²) in [7, 11) is 6.00. The smallest absolute Gasteiger partial charge is 0.0140 e. The molecule has 0 aromatic rings. The first-order valence-electron chi connectivity index (χ1n) is 1.67. The minimum Gasteiger partial charge on any atom is -0.312 e. The van der Waals surface area contributed by atoms with Crippen LogP contribution in [0.1, 0.15) is 0 Å². The fourth-order valence-corrected chi connectivity index (χ4v) is 0. The standard InChI is InChI=1S/C3H9N.H4N2/c1-4(2)3;1-2/h1-3H3;1-2H2. The number of nitrogens with two attached hydrogens (primary N) is 2. The molecular formula is C3H13N3. The molecule has 3 heteroatoms. The second-order valence-corrected chi connectivity index (χ2v) is 1.34. The Morgan fingerprint density at radius 3 is 1.00 bits per heavy atom. The lowest BCUT2D eigenvalue weighted by Crippen LogP contribution is -2.02. The molecule has 0 spiro atoms. The summed E-state index contributed by atoms with van der Waals surface area (Å²) in [6, 6.07) is 0. The first-order valence-corrected chi connectivity index (χ1v) is 1.67. The van der Waals surface area contributed by atoms with Gasteiger partial charge in [0.1, 0.15) is 0 Å². The van der Waals surface area contributed by atoms with E-state index >= 15 is 0 Å². The van der Waals surface area contributed by atoms with Crippen molar-refractivity contribution in [2.75, 3.05) is 21.1 Å². The van der Waals surface area contributed by atoms with Gasteiger partial charge in [-0.3, -0.25) is 11.7 Å². The van der Waals surface area contributed by atoms with Gasteiger partial charge in [-0.1, -0.05) is 0 Å². The van der Waals surface area contributed by atoms with Crippen molar-refractivity contribution in [1.82, 2.24) is 4.90 Å². The largest absolute Gasteiger partial charge is 0.312 e. The van der Waals surface area contributed by atoms with Crippen molar-refractivity contribution >= 4 is 0 Å². The normalized spacial score (nSPS) is 7.00. The summed E-state index contributed by atoms with van der Waals surface area (Å²) in [4.78, 5) is 2.00. The van der Waals surface area contributed by atoms with Crippen molar-refractivity contribution in [1.29, 1.82) is 0 Å². The maximum atomic E-state index is 4.00. The van der Waals surface area contributed by atoms with Crippen LogP contribution in [-0.4, -0.2) is 26.0 Å². The molecule has 40 valence electrons. The molecule has 3 nitrogen and oxygen atoms in total. The van der Waals surface area contributed by atoms with E-state index in [2.05, 4.69) is 11.7 Å². The molecule has 0 saturated carbocycles. The quantitative estimate of drug-likeness (QED) is 0.297. The first kappa shape index (κ1) is 9.30. The molecule has 6 heavy (non-hydrogen) atoms. The van der Waals surface area contributed by atoms with Crippen LogP contribution in [0.3, 0.4) is 0 Å². The predicted octanol–water partition coefficient (Wildman–Crippen LogP) is -1.00. The predicted molar refractivity (Wildman–Crippen MR) is 28.0 cm³/mol. The molecule has 0 aromatic heterocycles. The molecule has 0 saturated heterocycles. The maximum Gasteiger partial charge on any atom is -0.0140 e. The van der Waals surface area contributed by atoms with E-state index in [-0.39, 0.29) is 0 Å². The molecule has 4 N–H and O–H groups in total. The van der Waals surface area contributed by atoms with Crippen LogP contribution in [0.4, 0.5) is 0 Å². The van der Waals surface area contributed by atoms with Crippen molar-refractivity contribution in [2.24, 2.45) is 11.7 Å². The second kappa shape index (κ2) is 8.86. The molecular weight excluding hydrogens is 78.1 g/mol. The van der Waals surface area contributed by atoms with Crippen molar-refractivity contribution in [3.05, 3.63) is 0 Å². The van der Waals surface area contributed by atoms with E-state index in [9.17, 15) is 0 Å². The zero-order valence-electron chi connectivity index (χ0n) is 4.60. The lowest BCUT2D eigenvalue weighted by molar-refractivity contribution is 0.505. The number of rotatable bonds is 0. The second-order valence-electron chi connectivity index (χ2n) is 1.34. The van der Waals surface area contributed by atoms with Crippen LogP contribution in [0.25, 0.3) is 0 Å². The van der Waals surface area contributed by atoms with Crippen LogP contribution >= 0.6 is 0 Å². The lowest BCUT2D eigenvalue weighted by atomic mass is 11.0. The average molecular weight is 91.2 g/mol. The minimum absolute atomic E-state index is 2.00. The summed E-state index contributed by atoms with van der Waals surface area (Å²) in [5, 5.41) is 0. The first-order chi connectivity index (χ1) is 2.73. The maximum absolute atomic E-state index is 4.00. The highest BCUT2D eigenvalue weighted by Gasteiger charge is 1.58. The van der Waals surface area contributed by atoms with E-state index in [1.54, 1.807) is 0 Å². The van der Waals surface area contributed by atoms with Crippen molar-refractivity contribution in [2.45, 2.75) is 0 Å². The molecule has 0 heterocycles. The van der Waals surface area contributed by atoms with Crippen LogP contribution in [0.2, 0.25) is 0 Å². The van der Waals surface area contributed by atoms with Gasteiger partial charge in [0, 0.05) is 0 Å². The Morgan fingerprint density at radius 1 is 1.00 bits per heavy atom. The van der Waals surface area contributed by atoms with E-state index in [0.717, 1.165) is 0 Å². The van der Waals surface area contributed by atoms with Gasteiger partial charge in [0.15, 0.2) is 0 Å². The van der Waals surface area contributed by atoms with Crippen LogP contribution in [0, 0.1) is 0 Å². The topological polar surface area (TPSA) is 55.3 Å². The zero-order valence-corrected chi connectivity index (χ0v) is 4.60. The third-order valence-corrected chi connectivity index (χ3v) is 0. The van der Waals surface area contributed by atoms with Gasteiger partial charge in [0.05, 0.1) is 0 Å². The third kappa shape index (κ3) is 2230. The Balaban J connectivity index is 0. The molecule has 0 aliphatic heterocycles. The van der Waals surface area contributed by atoms with E-state index in [0.29, 0.717) is 0 Å². The zero-order chi connectivity index (χ0) is 5.58. The molecule has 0 atom stereocenters. The van der Waals surface area contributed by atoms with Gasteiger partial charge in [-0.25, -0.2) is 0 Å². The Hall–Kier alpha value is -0.120. The summed E-state index contributed by atoms with van der Waals surface area (Å²) in [6.45, 7) is 0. The van der Waals surface area contributed by atoms with Crippen LogP contribution in [0.5, 0.6) is 0 Å². The minimum atomic E-state index is 2.00. The number of hydrogen-bond donors (Lipinski definition) is 2. The van der Waals surface area contributed by atoms with Crippen molar-refractivity contribution in [3.63, 3.8) is 0 Å². The summed E-state index contributed by atoms with van der Waals surface area (Å²) >= 11 is 0. The molecule has 0 radical (unpaired) electrons. The van der Waals surface area contributed by atoms with Gasteiger partial charge in [-0.05, 0) is 21.1 Å². The molecule has 0 aromatic carbocycles. The van der Waals surface area contributed by atoms with E-state index in [4.69, 9.17) is 0 Å². The van der Waals surface area contributed by atoms with Gasteiger partial charge in [0.2, 0.25) is 0 Å². The highest BCUT2D eigenvalue weighted by molar-refractivity contribution is 4.09. The third-order valence-electron chi connectivity index (χ3n) is 0. The summed E-state index contributed by atoms with van der Waals surface area (Å²) < 4.78 is 0. The van der Waals surface area contributed by atoms with E-state index in [1.807, 2.05) is 26.0 Å². The Labute approximate surface area is 38.9 Å². The Kier molecular flexibility index (Phi) is 13.7. The van der Waals surface area contributed by atoms with Gasteiger partial charge in [0.25, 0.3) is 0 Å². The molecule has 0 rings (SSSR count). The SMILES string of the molecule is CN(C)C.NN. The monoisotopic (exact) mass is 91.1 g/mol. The van der Waals surface area contributed by atoms with Gasteiger partial charge in [-0.15, -0.1) is 0 Å². The molecule has 0 aliphatic carbocycles. The van der Waals surface area contributed by atoms with Crippen molar-refractivity contribution in [3.8, 4) is 0 Å². The molecule has 0 unspecified atom stereocenters. The fourth-order valence-electron chi connectivity index (χ4n) is 0. The van der Waals surface area contributed by atoms with Gasteiger partial charge < -0.3 is 4.90 Å². The summed E-state index contributed by atoms with van der Waals surface area (Å²) in [6.07, 6.45) is 0. The number of hydrogen-bond acceptors (Lipinski definition) is 3. The summed E-state index contributed by atoms with van der Waals surface area (Å²) in [5.41, 5.74) is 0. The highest BCUT2D eigenvalue weighted by Crippen LogP contribution is 1.47. The molecule has 0 fully saturated rings. The van der Waals surface area contributed by atoms with Gasteiger partial charge in [-0.2, -0.15) is 0 Å². The average Bonchev–Trinajstić information content (AvgIpc) is 1.41. The van der Waals surface area contributed by atoms with Crippen LogP contribution in [0.15, 0.2) is 0 Å². The number of nitrogens with zero attached hydrogens (tertiary/aromatic N) is 1. The van der Waals surface area contributed by atoms with E-state index < -0.39 is 0 Å². The number of hydrazine groups is 1. The Morgan fingerprint density at radius 2 is 1.00 bits per heavy atom. The molecule has 0 aliphatic rings. The highest BCUT2D eigenvalue weighted by atomic mass is 15.0. The molecule has 0 amide bonds.